The number of carbonyl (C=O) groups is 1. The molecule has 3 aromatic carbocycles. The van der Waals surface area contributed by atoms with E-state index in [1.165, 1.54) is 12.1 Å². The molecular formula is C23H22F2N2O. The summed E-state index contributed by atoms with van der Waals surface area (Å²) in [6, 6.07) is 22.1. The Morgan fingerprint density at radius 3 is 2.00 bits per heavy atom. The summed E-state index contributed by atoms with van der Waals surface area (Å²) in [5.74, 6) is -1.47. The Hall–Kier alpha value is -3.05. The number of halogens is 2. The molecule has 0 aromatic heterocycles. The molecule has 1 atom stereocenters. The summed E-state index contributed by atoms with van der Waals surface area (Å²) in [7, 11) is 0. The van der Waals surface area contributed by atoms with Gasteiger partial charge >= 0.3 is 0 Å². The van der Waals surface area contributed by atoms with E-state index in [1.807, 2.05) is 60.7 Å². The van der Waals surface area contributed by atoms with Crippen LogP contribution in [0, 0.1) is 11.6 Å². The van der Waals surface area contributed by atoms with Gasteiger partial charge in [-0.05, 0) is 24.1 Å². The number of rotatable bonds is 7. The van der Waals surface area contributed by atoms with E-state index in [9.17, 15) is 13.6 Å². The highest BCUT2D eigenvalue weighted by Crippen LogP contribution is 2.22. The molecule has 0 fully saturated rings. The van der Waals surface area contributed by atoms with Crippen LogP contribution in [-0.4, -0.2) is 12.5 Å². The Kier molecular flexibility index (Phi) is 6.50. The van der Waals surface area contributed by atoms with E-state index in [0.29, 0.717) is 5.56 Å². The molecule has 0 aliphatic carbocycles. The van der Waals surface area contributed by atoms with Gasteiger partial charge in [0.05, 0.1) is 12.6 Å². The lowest BCUT2D eigenvalue weighted by molar-refractivity contribution is -0.120. The molecule has 3 aromatic rings. The summed E-state index contributed by atoms with van der Waals surface area (Å²) >= 11 is 0. The third-order valence-corrected chi connectivity index (χ3v) is 4.57. The molecule has 0 aliphatic heterocycles. The maximum absolute atomic E-state index is 13.9. The minimum Gasteiger partial charge on any atom is -0.344 e. The van der Waals surface area contributed by atoms with Crippen molar-refractivity contribution < 1.29 is 13.6 Å². The summed E-state index contributed by atoms with van der Waals surface area (Å²) in [5.41, 5.74) is 2.26. The first-order chi connectivity index (χ1) is 13.5. The van der Waals surface area contributed by atoms with Crippen LogP contribution < -0.4 is 10.6 Å². The van der Waals surface area contributed by atoms with Crippen LogP contribution in [0.25, 0.3) is 0 Å². The van der Waals surface area contributed by atoms with Gasteiger partial charge in [-0.2, -0.15) is 0 Å². The van der Waals surface area contributed by atoms with Gasteiger partial charge < -0.3 is 10.6 Å². The quantitative estimate of drug-likeness (QED) is 0.633. The van der Waals surface area contributed by atoms with Gasteiger partial charge in [-0.1, -0.05) is 66.7 Å². The van der Waals surface area contributed by atoms with E-state index < -0.39 is 17.7 Å². The molecule has 0 unspecified atom stereocenters. The largest absolute Gasteiger partial charge is 0.344 e. The van der Waals surface area contributed by atoms with Crippen LogP contribution in [0.2, 0.25) is 0 Å². The molecule has 5 heteroatoms. The predicted octanol–water partition coefficient (Wildman–Crippen LogP) is 4.52. The van der Waals surface area contributed by atoms with Gasteiger partial charge in [0, 0.05) is 17.7 Å². The highest BCUT2D eigenvalue weighted by Gasteiger charge is 2.18. The minimum atomic E-state index is -0.633. The van der Waals surface area contributed by atoms with Crippen molar-refractivity contribution in [3.05, 3.63) is 107 Å². The molecular weight excluding hydrogens is 358 g/mol. The number of carbonyl (C=O) groups excluding carboxylic acids is 1. The number of amides is 1. The van der Waals surface area contributed by atoms with E-state index in [-0.39, 0.29) is 18.5 Å². The molecule has 144 valence electrons. The van der Waals surface area contributed by atoms with Crippen molar-refractivity contribution in [1.29, 1.82) is 0 Å². The number of benzene rings is 3. The molecule has 0 aliphatic rings. The predicted molar refractivity (Wildman–Crippen MR) is 106 cm³/mol. The van der Waals surface area contributed by atoms with Crippen LogP contribution in [0.3, 0.4) is 0 Å². The summed E-state index contributed by atoms with van der Waals surface area (Å²) in [5, 5.41) is 6.02. The van der Waals surface area contributed by atoms with Crippen LogP contribution in [-0.2, 0) is 4.79 Å². The van der Waals surface area contributed by atoms with Crippen molar-refractivity contribution in [3.63, 3.8) is 0 Å². The first kappa shape index (κ1) is 19.7. The average molecular weight is 380 g/mol. The molecule has 0 spiro atoms. The van der Waals surface area contributed by atoms with Crippen LogP contribution in [0.15, 0.2) is 78.9 Å². The second-order valence-electron chi connectivity index (χ2n) is 6.59. The zero-order valence-electron chi connectivity index (χ0n) is 15.5. The topological polar surface area (TPSA) is 41.1 Å². The molecule has 1 amide bonds. The van der Waals surface area contributed by atoms with Gasteiger partial charge in [-0.15, -0.1) is 0 Å². The highest BCUT2D eigenvalue weighted by atomic mass is 19.1. The van der Waals surface area contributed by atoms with E-state index in [4.69, 9.17) is 0 Å². The van der Waals surface area contributed by atoms with Gasteiger partial charge in [0.15, 0.2) is 0 Å². The smallest absolute Gasteiger partial charge is 0.234 e. The molecule has 2 N–H and O–H groups in total. The number of hydrogen-bond donors (Lipinski definition) is 2. The fourth-order valence-corrected chi connectivity index (χ4v) is 3.07. The van der Waals surface area contributed by atoms with Crippen LogP contribution in [0.5, 0.6) is 0 Å². The number of hydrogen-bond acceptors (Lipinski definition) is 2. The fraction of sp³-hybridized carbons (Fsp3) is 0.174. The van der Waals surface area contributed by atoms with Gasteiger partial charge in [0.2, 0.25) is 5.91 Å². The molecule has 0 radical (unpaired) electrons. The summed E-state index contributed by atoms with van der Waals surface area (Å²) < 4.78 is 27.0. The van der Waals surface area contributed by atoms with E-state index in [2.05, 4.69) is 10.6 Å². The first-order valence-corrected chi connectivity index (χ1v) is 9.12. The molecule has 0 heterocycles. The zero-order chi connectivity index (χ0) is 19.9. The SMILES string of the molecule is C[C@@H](NCC(=O)NC(c1ccccc1)c1ccccc1)c1ccc(F)cc1F. The average Bonchev–Trinajstić information content (AvgIpc) is 2.71. The van der Waals surface area contributed by atoms with Crippen molar-refractivity contribution in [2.45, 2.75) is 19.0 Å². The van der Waals surface area contributed by atoms with Crippen LogP contribution in [0.1, 0.15) is 35.7 Å². The molecule has 0 saturated heterocycles. The Balaban J connectivity index is 1.67. The van der Waals surface area contributed by atoms with Crippen LogP contribution in [0.4, 0.5) is 8.78 Å². The van der Waals surface area contributed by atoms with Crippen molar-refractivity contribution in [2.75, 3.05) is 6.54 Å². The standard InChI is InChI=1S/C23H22F2N2O/c1-16(20-13-12-19(24)14-21(20)25)26-15-22(28)27-23(17-8-4-2-5-9-17)18-10-6-3-7-11-18/h2-14,16,23,26H,15H2,1H3,(H,27,28)/t16-/m1/s1. The summed E-state index contributed by atoms with van der Waals surface area (Å²) in [4.78, 5) is 12.5. The minimum absolute atomic E-state index is 0.00809. The van der Waals surface area contributed by atoms with E-state index in [1.54, 1.807) is 6.92 Å². The lowest BCUT2D eigenvalue weighted by Crippen LogP contribution is -2.37. The summed E-state index contributed by atoms with van der Waals surface area (Å²) in [6.07, 6.45) is 0. The Labute approximate surface area is 163 Å². The zero-order valence-corrected chi connectivity index (χ0v) is 15.5. The van der Waals surface area contributed by atoms with Crippen molar-refractivity contribution in [3.8, 4) is 0 Å². The molecule has 28 heavy (non-hydrogen) atoms. The van der Waals surface area contributed by atoms with Gasteiger partial charge in [0.25, 0.3) is 0 Å². The monoisotopic (exact) mass is 380 g/mol. The van der Waals surface area contributed by atoms with Crippen LogP contribution >= 0.6 is 0 Å². The lowest BCUT2D eigenvalue weighted by atomic mass is 9.99. The summed E-state index contributed by atoms with van der Waals surface area (Å²) in [6.45, 7) is 1.74. The maximum Gasteiger partial charge on any atom is 0.234 e. The van der Waals surface area contributed by atoms with Gasteiger partial charge in [-0.3, -0.25) is 4.79 Å². The Bertz CT molecular complexity index is 877. The van der Waals surface area contributed by atoms with Crippen molar-refractivity contribution in [2.24, 2.45) is 0 Å². The van der Waals surface area contributed by atoms with Crippen molar-refractivity contribution in [1.82, 2.24) is 10.6 Å². The Morgan fingerprint density at radius 2 is 1.46 bits per heavy atom. The first-order valence-electron chi connectivity index (χ1n) is 9.12. The third kappa shape index (κ3) is 5.02. The lowest BCUT2D eigenvalue weighted by Gasteiger charge is -2.21. The van der Waals surface area contributed by atoms with Gasteiger partial charge in [-0.25, -0.2) is 8.78 Å². The maximum atomic E-state index is 13.9. The van der Waals surface area contributed by atoms with E-state index in [0.717, 1.165) is 17.2 Å². The third-order valence-electron chi connectivity index (χ3n) is 4.57. The Morgan fingerprint density at radius 1 is 0.893 bits per heavy atom. The highest BCUT2D eigenvalue weighted by molar-refractivity contribution is 5.79. The fourth-order valence-electron chi connectivity index (χ4n) is 3.07. The molecule has 3 nitrogen and oxygen atoms in total. The molecule has 0 saturated carbocycles. The second-order valence-corrected chi connectivity index (χ2v) is 6.59. The number of nitrogens with one attached hydrogen (secondary N) is 2. The molecule has 3 rings (SSSR count). The van der Waals surface area contributed by atoms with E-state index >= 15 is 0 Å². The van der Waals surface area contributed by atoms with Crippen molar-refractivity contribution >= 4 is 5.91 Å². The normalized spacial score (nSPS) is 12.0. The molecule has 0 bridgehead atoms. The second kappa shape index (κ2) is 9.24. The van der Waals surface area contributed by atoms with Gasteiger partial charge in [0.1, 0.15) is 11.6 Å².